The smallest absolute Gasteiger partial charge is 0.223 e. The average molecular weight is 330 g/mol. The number of nitrogens with one attached hydrogen (secondary N) is 1. The molecular formula is C15H21BrFNO. The Labute approximate surface area is 122 Å². The lowest BCUT2D eigenvalue weighted by molar-refractivity contribution is -0.125. The van der Waals surface area contributed by atoms with Crippen LogP contribution in [0.3, 0.4) is 0 Å². The second-order valence-corrected chi connectivity index (χ2v) is 5.64. The zero-order valence-electron chi connectivity index (χ0n) is 11.5. The van der Waals surface area contributed by atoms with E-state index >= 15 is 0 Å². The van der Waals surface area contributed by atoms with Crippen molar-refractivity contribution in [1.29, 1.82) is 0 Å². The van der Waals surface area contributed by atoms with Crippen molar-refractivity contribution in [1.82, 2.24) is 5.32 Å². The van der Waals surface area contributed by atoms with Gasteiger partial charge in [-0.15, -0.1) is 0 Å². The summed E-state index contributed by atoms with van der Waals surface area (Å²) >= 11 is 3.30. The monoisotopic (exact) mass is 329 g/mol. The van der Waals surface area contributed by atoms with Gasteiger partial charge in [-0.1, -0.05) is 42.6 Å². The summed E-state index contributed by atoms with van der Waals surface area (Å²) in [5.74, 6) is -0.209. The SMILES string of the molecule is CCCC(CCC)C(=O)NCc1cc(Br)ccc1F. The van der Waals surface area contributed by atoms with Crippen LogP contribution in [0.15, 0.2) is 22.7 Å². The summed E-state index contributed by atoms with van der Waals surface area (Å²) in [4.78, 5) is 12.0. The number of rotatable bonds is 7. The van der Waals surface area contributed by atoms with Gasteiger partial charge in [0.25, 0.3) is 0 Å². The van der Waals surface area contributed by atoms with Crippen LogP contribution < -0.4 is 5.32 Å². The topological polar surface area (TPSA) is 29.1 Å². The minimum atomic E-state index is -0.286. The number of halogens is 2. The number of hydrogen-bond acceptors (Lipinski definition) is 1. The van der Waals surface area contributed by atoms with E-state index in [1.807, 2.05) is 0 Å². The molecule has 0 aliphatic carbocycles. The van der Waals surface area contributed by atoms with E-state index < -0.39 is 0 Å². The highest BCUT2D eigenvalue weighted by Crippen LogP contribution is 2.17. The Bertz CT molecular complexity index is 417. The van der Waals surface area contributed by atoms with E-state index in [1.54, 1.807) is 12.1 Å². The van der Waals surface area contributed by atoms with Crippen LogP contribution in [0.1, 0.15) is 45.1 Å². The van der Waals surface area contributed by atoms with Gasteiger partial charge < -0.3 is 5.32 Å². The number of carbonyl (C=O) groups excluding carboxylic acids is 1. The Morgan fingerprint density at radius 2 is 1.95 bits per heavy atom. The summed E-state index contributed by atoms with van der Waals surface area (Å²) < 4.78 is 14.4. The summed E-state index contributed by atoms with van der Waals surface area (Å²) in [7, 11) is 0. The van der Waals surface area contributed by atoms with Crippen LogP contribution in [-0.2, 0) is 11.3 Å². The fraction of sp³-hybridized carbons (Fsp3) is 0.533. The third-order valence-electron chi connectivity index (χ3n) is 3.11. The predicted molar refractivity (Wildman–Crippen MR) is 79.3 cm³/mol. The summed E-state index contributed by atoms with van der Waals surface area (Å²) in [6.45, 7) is 4.39. The Balaban J connectivity index is 2.59. The summed E-state index contributed by atoms with van der Waals surface area (Å²) in [6, 6.07) is 4.75. The van der Waals surface area contributed by atoms with Crippen molar-refractivity contribution in [3.63, 3.8) is 0 Å². The minimum Gasteiger partial charge on any atom is -0.352 e. The second-order valence-electron chi connectivity index (χ2n) is 4.73. The fourth-order valence-corrected chi connectivity index (χ4v) is 2.52. The zero-order chi connectivity index (χ0) is 14.3. The summed E-state index contributed by atoms with van der Waals surface area (Å²) in [6.07, 6.45) is 3.76. The van der Waals surface area contributed by atoms with Crippen molar-refractivity contribution in [2.75, 3.05) is 0 Å². The van der Waals surface area contributed by atoms with Gasteiger partial charge in [-0.25, -0.2) is 4.39 Å². The molecule has 0 unspecified atom stereocenters. The van der Waals surface area contributed by atoms with Gasteiger partial charge in [0.2, 0.25) is 5.91 Å². The zero-order valence-corrected chi connectivity index (χ0v) is 13.1. The summed E-state index contributed by atoms with van der Waals surface area (Å²) in [5, 5.41) is 2.84. The van der Waals surface area contributed by atoms with Crippen LogP contribution in [0.25, 0.3) is 0 Å². The van der Waals surface area contributed by atoms with Crippen LogP contribution in [0.2, 0.25) is 0 Å². The maximum absolute atomic E-state index is 13.5. The van der Waals surface area contributed by atoms with E-state index in [0.717, 1.165) is 30.2 Å². The molecule has 1 rings (SSSR count). The average Bonchev–Trinajstić information content (AvgIpc) is 2.39. The van der Waals surface area contributed by atoms with Crippen LogP contribution >= 0.6 is 15.9 Å². The van der Waals surface area contributed by atoms with E-state index in [2.05, 4.69) is 35.1 Å². The molecule has 0 aromatic heterocycles. The standard InChI is InChI=1S/C15H21BrFNO/c1-3-5-11(6-4-2)15(19)18-10-12-9-13(16)7-8-14(12)17/h7-9,11H,3-6,10H2,1-2H3,(H,18,19). The summed E-state index contributed by atoms with van der Waals surface area (Å²) in [5.41, 5.74) is 0.509. The number of amides is 1. The molecule has 0 heterocycles. The quantitative estimate of drug-likeness (QED) is 0.788. The Morgan fingerprint density at radius 3 is 2.53 bits per heavy atom. The highest BCUT2D eigenvalue weighted by molar-refractivity contribution is 9.10. The van der Waals surface area contributed by atoms with E-state index in [9.17, 15) is 9.18 Å². The first-order chi connectivity index (χ1) is 9.08. The van der Waals surface area contributed by atoms with Crippen molar-refractivity contribution in [3.05, 3.63) is 34.1 Å². The van der Waals surface area contributed by atoms with Crippen LogP contribution in [0, 0.1) is 11.7 Å². The van der Waals surface area contributed by atoms with Gasteiger partial charge in [0.1, 0.15) is 5.82 Å². The third-order valence-corrected chi connectivity index (χ3v) is 3.60. The Hall–Kier alpha value is -0.900. The Morgan fingerprint density at radius 1 is 1.32 bits per heavy atom. The van der Waals surface area contributed by atoms with Crippen LogP contribution in [0.5, 0.6) is 0 Å². The highest BCUT2D eigenvalue weighted by atomic mass is 79.9. The molecule has 1 aromatic carbocycles. The molecular weight excluding hydrogens is 309 g/mol. The van der Waals surface area contributed by atoms with Crippen molar-refractivity contribution >= 4 is 21.8 Å². The molecule has 0 atom stereocenters. The van der Waals surface area contributed by atoms with Gasteiger partial charge in [0, 0.05) is 22.5 Å². The van der Waals surface area contributed by atoms with Gasteiger partial charge in [-0.2, -0.15) is 0 Å². The largest absolute Gasteiger partial charge is 0.352 e. The fourth-order valence-electron chi connectivity index (χ4n) is 2.11. The van der Waals surface area contributed by atoms with Crippen LogP contribution in [0.4, 0.5) is 4.39 Å². The highest BCUT2D eigenvalue weighted by Gasteiger charge is 2.16. The van der Waals surface area contributed by atoms with E-state index in [4.69, 9.17) is 0 Å². The molecule has 1 N–H and O–H groups in total. The lowest BCUT2D eigenvalue weighted by Crippen LogP contribution is -2.30. The first-order valence-electron chi connectivity index (χ1n) is 6.80. The molecule has 1 amide bonds. The predicted octanol–water partition coefficient (Wildman–Crippen LogP) is 4.42. The molecule has 4 heteroatoms. The Kier molecular flexibility index (Phi) is 7.06. The van der Waals surface area contributed by atoms with Gasteiger partial charge in [0.05, 0.1) is 0 Å². The van der Waals surface area contributed by atoms with Crippen molar-refractivity contribution in [3.8, 4) is 0 Å². The first kappa shape index (κ1) is 16.2. The maximum Gasteiger partial charge on any atom is 0.223 e. The van der Waals surface area contributed by atoms with Gasteiger partial charge >= 0.3 is 0 Å². The number of carbonyl (C=O) groups is 1. The van der Waals surface area contributed by atoms with Crippen molar-refractivity contribution < 1.29 is 9.18 Å². The van der Waals surface area contributed by atoms with E-state index in [1.165, 1.54) is 6.07 Å². The normalized spacial score (nSPS) is 10.8. The second kappa shape index (κ2) is 8.31. The molecule has 0 fully saturated rings. The molecule has 19 heavy (non-hydrogen) atoms. The minimum absolute atomic E-state index is 0.0306. The molecule has 0 saturated carbocycles. The van der Waals surface area contributed by atoms with Crippen molar-refractivity contribution in [2.45, 2.75) is 46.1 Å². The molecule has 0 saturated heterocycles. The molecule has 0 bridgehead atoms. The van der Waals surface area contributed by atoms with E-state index in [0.29, 0.717) is 5.56 Å². The molecule has 0 radical (unpaired) electrons. The number of benzene rings is 1. The molecule has 0 aliphatic rings. The molecule has 106 valence electrons. The molecule has 1 aromatic rings. The molecule has 2 nitrogen and oxygen atoms in total. The van der Waals surface area contributed by atoms with Gasteiger partial charge in [-0.05, 0) is 31.0 Å². The lowest BCUT2D eigenvalue weighted by Gasteiger charge is -2.15. The first-order valence-corrected chi connectivity index (χ1v) is 7.59. The molecule has 0 spiro atoms. The number of hydrogen-bond donors (Lipinski definition) is 1. The lowest BCUT2D eigenvalue weighted by atomic mass is 9.97. The van der Waals surface area contributed by atoms with Crippen molar-refractivity contribution in [2.24, 2.45) is 5.92 Å². The van der Waals surface area contributed by atoms with Gasteiger partial charge in [-0.3, -0.25) is 4.79 Å². The van der Waals surface area contributed by atoms with Gasteiger partial charge in [0.15, 0.2) is 0 Å². The third kappa shape index (κ3) is 5.31. The van der Waals surface area contributed by atoms with Crippen LogP contribution in [-0.4, -0.2) is 5.91 Å². The maximum atomic E-state index is 13.5. The molecule has 0 aliphatic heterocycles. The van der Waals surface area contributed by atoms with E-state index in [-0.39, 0.29) is 24.2 Å².